The van der Waals surface area contributed by atoms with Crippen LogP contribution in [0.2, 0.25) is 10.0 Å². The number of hydrogen-bond acceptors (Lipinski definition) is 15. The Bertz CT molecular complexity index is 2780. The number of alkyl halides is 3. The number of carbonyl (C=O) groups is 2. The van der Waals surface area contributed by atoms with Crippen LogP contribution < -0.4 is 45.3 Å². The van der Waals surface area contributed by atoms with Gasteiger partial charge in [0, 0.05) is 98.5 Å². The number of carbonyl (C=O) groups excluding carboxylic acids is 2. The minimum Gasteiger partial charge on any atom is -0.490 e. The topological polar surface area (TPSA) is 194 Å². The Kier molecular flexibility index (Phi) is 15.3. The minimum absolute atomic E-state index is 0.0531. The van der Waals surface area contributed by atoms with Crippen LogP contribution in [0.1, 0.15) is 49.7 Å². The van der Waals surface area contributed by atoms with Gasteiger partial charge >= 0.3 is 6.36 Å². The number of rotatable bonds is 16. The maximum atomic E-state index is 13.1. The monoisotopic (exact) mass is 986 g/mol. The first kappa shape index (κ1) is 48.3. The van der Waals surface area contributed by atoms with Gasteiger partial charge < -0.3 is 45.3 Å². The molecule has 4 N–H and O–H groups in total. The van der Waals surface area contributed by atoms with Gasteiger partial charge in [-0.3, -0.25) is 9.59 Å². The van der Waals surface area contributed by atoms with E-state index in [1.54, 1.807) is 24.3 Å². The molecule has 2 aromatic heterocycles. The molecule has 2 saturated heterocycles. The second-order valence-corrected chi connectivity index (χ2v) is 17.1. The van der Waals surface area contributed by atoms with E-state index in [1.807, 2.05) is 55.1 Å². The van der Waals surface area contributed by atoms with E-state index in [-0.39, 0.29) is 53.6 Å². The van der Waals surface area contributed by atoms with E-state index in [9.17, 15) is 22.8 Å². The van der Waals surface area contributed by atoms with Crippen molar-refractivity contribution in [1.82, 2.24) is 29.9 Å². The third-order valence-electron chi connectivity index (χ3n) is 11.4. The normalized spacial score (nSPS) is 14.5. The molecule has 0 spiro atoms. The van der Waals surface area contributed by atoms with Crippen LogP contribution in [0.3, 0.4) is 0 Å². The third kappa shape index (κ3) is 13.3. The van der Waals surface area contributed by atoms with Crippen LogP contribution in [0.5, 0.6) is 17.2 Å². The molecule has 2 aliphatic heterocycles. The summed E-state index contributed by atoms with van der Waals surface area (Å²) < 4.78 is 54.5. The van der Waals surface area contributed by atoms with Crippen LogP contribution in [0.25, 0.3) is 0 Å². The van der Waals surface area contributed by atoms with Crippen molar-refractivity contribution in [2.24, 2.45) is 0 Å². The number of aromatic nitrogens is 6. The first-order valence-corrected chi connectivity index (χ1v) is 22.8. The van der Waals surface area contributed by atoms with Gasteiger partial charge in [-0.15, -0.1) is 13.2 Å². The van der Waals surface area contributed by atoms with E-state index >= 15 is 0 Å². The lowest BCUT2D eigenvalue weighted by atomic mass is 10.1. The molecule has 360 valence electrons. The second kappa shape index (κ2) is 21.8. The molecule has 0 atom stereocenters. The van der Waals surface area contributed by atoms with Gasteiger partial charge in [-0.25, -0.2) is 19.9 Å². The molecular weight excluding hydrogens is 940 g/mol. The van der Waals surface area contributed by atoms with Crippen molar-refractivity contribution < 1.29 is 37.0 Å². The van der Waals surface area contributed by atoms with Crippen LogP contribution in [0, 0.1) is 13.8 Å². The SMILES string of the molecule is Cc1c(NC(=O)CCC(=O)Nc2cccc(Nc3ncnc(N4CCC(Oc5ccc(Cl)c(OC(F)(F)F)c5)CC4)n3)c2C)cccc1Nc1ncnc(N2CCC(Oc3cccc(Cl)c3)CC2)n1. The van der Waals surface area contributed by atoms with E-state index in [4.69, 9.17) is 32.7 Å². The molecule has 4 heterocycles. The highest BCUT2D eigenvalue weighted by Gasteiger charge is 2.33. The van der Waals surface area contributed by atoms with Crippen molar-refractivity contribution in [3.8, 4) is 17.2 Å². The summed E-state index contributed by atoms with van der Waals surface area (Å²) in [7, 11) is 0. The van der Waals surface area contributed by atoms with E-state index in [2.05, 4.69) is 60.8 Å². The molecular formula is C47H47Cl2F3N12O5. The number of nitrogens with one attached hydrogen (secondary N) is 4. The van der Waals surface area contributed by atoms with Gasteiger partial charge in [-0.1, -0.05) is 41.4 Å². The smallest absolute Gasteiger partial charge is 0.490 e. The molecule has 0 bridgehead atoms. The lowest BCUT2D eigenvalue weighted by Gasteiger charge is -2.32. The molecule has 0 radical (unpaired) electrons. The van der Waals surface area contributed by atoms with Gasteiger partial charge in [0.2, 0.25) is 35.6 Å². The number of amides is 2. The highest BCUT2D eigenvalue weighted by molar-refractivity contribution is 6.32. The lowest BCUT2D eigenvalue weighted by molar-refractivity contribution is -0.274. The van der Waals surface area contributed by atoms with Gasteiger partial charge in [0.1, 0.15) is 36.4 Å². The Hall–Kier alpha value is -7.19. The Morgan fingerprint density at radius 2 is 1.10 bits per heavy atom. The van der Waals surface area contributed by atoms with Crippen molar-refractivity contribution in [2.75, 3.05) is 57.2 Å². The first-order valence-electron chi connectivity index (χ1n) is 22.1. The van der Waals surface area contributed by atoms with Gasteiger partial charge in [-0.05, 0) is 79.6 Å². The number of nitrogens with zero attached hydrogens (tertiary/aromatic N) is 8. The molecule has 4 aromatic carbocycles. The largest absolute Gasteiger partial charge is 0.573 e. The Labute approximate surface area is 405 Å². The predicted molar refractivity (Wildman–Crippen MR) is 256 cm³/mol. The molecule has 0 unspecified atom stereocenters. The zero-order chi connectivity index (χ0) is 48.5. The molecule has 2 aliphatic rings. The summed E-state index contributed by atoms with van der Waals surface area (Å²) in [4.78, 5) is 56.9. The average molecular weight is 988 g/mol. The van der Waals surface area contributed by atoms with E-state index in [1.165, 1.54) is 24.8 Å². The zero-order valence-corrected chi connectivity index (χ0v) is 38.9. The van der Waals surface area contributed by atoms with Crippen molar-refractivity contribution in [3.05, 3.63) is 113 Å². The van der Waals surface area contributed by atoms with Gasteiger partial charge in [0.15, 0.2) is 5.75 Å². The molecule has 0 saturated carbocycles. The van der Waals surface area contributed by atoms with Crippen LogP contribution in [-0.2, 0) is 9.59 Å². The molecule has 17 nitrogen and oxygen atoms in total. The van der Waals surface area contributed by atoms with Crippen molar-refractivity contribution in [1.29, 1.82) is 0 Å². The second-order valence-electron chi connectivity index (χ2n) is 16.2. The Balaban J connectivity index is 0.790. The van der Waals surface area contributed by atoms with Gasteiger partial charge in [0.25, 0.3) is 0 Å². The lowest BCUT2D eigenvalue weighted by Crippen LogP contribution is -2.39. The van der Waals surface area contributed by atoms with E-state index < -0.39 is 12.1 Å². The molecule has 0 aliphatic carbocycles. The number of ether oxygens (including phenoxy) is 3. The molecule has 69 heavy (non-hydrogen) atoms. The molecule has 8 rings (SSSR count). The Morgan fingerprint density at radius 1 is 0.638 bits per heavy atom. The minimum atomic E-state index is -4.89. The fourth-order valence-corrected chi connectivity index (χ4v) is 8.08. The van der Waals surface area contributed by atoms with Gasteiger partial charge in [0.05, 0.1) is 5.02 Å². The first-order chi connectivity index (χ1) is 33.2. The fourth-order valence-electron chi connectivity index (χ4n) is 7.74. The molecule has 2 fully saturated rings. The maximum absolute atomic E-state index is 13.1. The number of anilines is 8. The molecule has 22 heteroatoms. The highest BCUT2D eigenvalue weighted by atomic mass is 35.5. The third-order valence-corrected chi connectivity index (χ3v) is 11.9. The summed E-state index contributed by atoms with van der Waals surface area (Å²) in [6, 6.07) is 22.1. The maximum Gasteiger partial charge on any atom is 0.573 e. The summed E-state index contributed by atoms with van der Waals surface area (Å²) in [5.74, 6) is 1.36. The standard InChI is InChI=1S/C47H47Cl2F3N12O5/c1-28-36(8-4-10-38(28)59-43-53-26-55-45(61-43)63-20-16-31(17-21-63)67-33-7-3-6-30(48)24-33)57-41(65)14-15-42(66)58-37-9-5-11-39(29(37)2)60-44-54-27-56-46(62-44)64-22-18-32(19-23-64)68-34-12-13-35(49)40(25-34)69-47(50,51)52/h3-13,24-27,31-32H,14-23H2,1-2H3,(H,57,65)(H,58,66)(H,53,55,59,61)(H,54,56,60,62). The Morgan fingerprint density at radius 3 is 1.58 bits per heavy atom. The van der Waals surface area contributed by atoms with Crippen LogP contribution in [0.15, 0.2) is 91.5 Å². The number of piperidine rings is 2. The summed E-state index contributed by atoms with van der Waals surface area (Å²) in [6.45, 7) is 6.15. The summed E-state index contributed by atoms with van der Waals surface area (Å²) in [6.07, 6.45) is 0.303. The van der Waals surface area contributed by atoms with Crippen LogP contribution >= 0.6 is 23.2 Å². The van der Waals surface area contributed by atoms with Crippen LogP contribution in [0.4, 0.5) is 59.7 Å². The zero-order valence-electron chi connectivity index (χ0n) is 37.4. The van der Waals surface area contributed by atoms with E-state index in [0.717, 1.165) is 35.8 Å². The average Bonchev–Trinajstić information content (AvgIpc) is 3.32. The fraction of sp³-hybridized carbons (Fsp3) is 0.319. The van der Waals surface area contributed by atoms with E-state index in [0.29, 0.717) is 84.6 Å². The number of halogens is 5. The summed E-state index contributed by atoms with van der Waals surface area (Å²) in [5, 5.41) is 12.7. The van der Waals surface area contributed by atoms with Crippen molar-refractivity contribution >= 4 is 81.6 Å². The highest BCUT2D eigenvalue weighted by Crippen LogP contribution is 2.35. The summed E-state index contributed by atoms with van der Waals surface area (Å²) >= 11 is 12.0. The van der Waals surface area contributed by atoms with Crippen molar-refractivity contribution in [3.63, 3.8) is 0 Å². The molecule has 2 amide bonds. The summed E-state index contributed by atoms with van der Waals surface area (Å²) in [5.41, 5.74) is 3.93. The molecule has 6 aromatic rings. The van der Waals surface area contributed by atoms with Gasteiger partial charge in [-0.2, -0.15) is 9.97 Å². The quantitative estimate of drug-likeness (QED) is 0.0715. The van der Waals surface area contributed by atoms with Crippen molar-refractivity contribution in [2.45, 2.75) is 70.9 Å². The predicted octanol–water partition coefficient (Wildman–Crippen LogP) is 9.82. The number of benzene rings is 4. The number of hydrogen-bond donors (Lipinski definition) is 4. The van der Waals surface area contributed by atoms with Crippen LogP contribution in [-0.4, -0.2) is 86.5 Å².